The Morgan fingerprint density at radius 1 is 1.37 bits per heavy atom. The van der Waals surface area contributed by atoms with Gasteiger partial charge in [-0.3, -0.25) is 0 Å². The molecule has 2 rings (SSSR count). The van der Waals surface area contributed by atoms with E-state index in [1.807, 2.05) is 0 Å². The van der Waals surface area contributed by atoms with E-state index in [0.29, 0.717) is 12.0 Å². The van der Waals surface area contributed by atoms with Crippen molar-refractivity contribution < 1.29 is 4.74 Å². The molecule has 0 saturated carbocycles. The predicted octanol–water partition coefficient (Wildman–Crippen LogP) is 4.52. The molecule has 0 aliphatic carbocycles. The summed E-state index contributed by atoms with van der Waals surface area (Å²) in [6.07, 6.45) is 3.72. The number of piperidine rings is 1. The van der Waals surface area contributed by atoms with Gasteiger partial charge in [0.05, 0.1) is 4.47 Å². The Morgan fingerprint density at radius 3 is 2.63 bits per heavy atom. The summed E-state index contributed by atoms with van der Waals surface area (Å²) in [6, 6.07) is 6.49. The summed E-state index contributed by atoms with van der Waals surface area (Å²) in [7, 11) is 0. The molecule has 1 atom stereocenters. The number of benzene rings is 1. The lowest BCUT2D eigenvalue weighted by atomic mass is 9.99. The molecule has 108 valence electrons. The van der Waals surface area contributed by atoms with E-state index < -0.39 is 0 Å². The molecule has 1 unspecified atom stereocenters. The monoisotopic (exact) mass is 347 g/mol. The van der Waals surface area contributed by atoms with Gasteiger partial charge in [0, 0.05) is 0 Å². The van der Waals surface area contributed by atoms with Crippen molar-refractivity contribution in [2.75, 3.05) is 13.1 Å². The van der Waals surface area contributed by atoms with Crippen LogP contribution in [0.2, 0.25) is 0 Å². The van der Waals surface area contributed by atoms with Crippen molar-refractivity contribution in [3.05, 3.63) is 28.2 Å². The van der Waals surface area contributed by atoms with Gasteiger partial charge in [-0.05, 0) is 71.9 Å². The number of rotatable bonds is 4. The fourth-order valence-electron chi connectivity index (χ4n) is 2.25. The lowest BCUT2D eigenvalue weighted by molar-refractivity contribution is 0.161. The normalized spacial score (nSPS) is 17.6. The topological polar surface area (TPSA) is 21.3 Å². The second-order valence-corrected chi connectivity index (χ2v) is 5.92. The van der Waals surface area contributed by atoms with Gasteiger partial charge >= 0.3 is 0 Å². The van der Waals surface area contributed by atoms with E-state index >= 15 is 0 Å². The number of halogens is 2. The highest BCUT2D eigenvalue weighted by Gasteiger charge is 2.16. The first-order valence-electron chi connectivity index (χ1n) is 6.87. The molecule has 0 spiro atoms. The van der Waals surface area contributed by atoms with Crippen molar-refractivity contribution in [3.63, 3.8) is 0 Å². The SMILES string of the molecule is CCC(C)c1ccc(OC2CCNCC2)c(Br)c1.Cl. The summed E-state index contributed by atoms with van der Waals surface area (Å²) in [4.78, 5) is 0. The maximum atomic E-state index is 6.07. The second-order valence-electron chi connectivity index (χ2n) is 5.07. The van der Waals surface area contributed by atoms with Gasteiger partial charge in [-0.25, -0.2) is 0 Å². The summed E-state index contributed by atoms with van der Waals surface area (Å²) < 4.78 is 7.15. The van der Waals surface area contributed by atoms with E-state index in [4.69, 9.17) is 4.74 Å². The zero-order valence-corrected chi connectivity index (χ0v) is 14.0. The molecule has 4 heteroatoms. The van der Waals surface area contributed by atoms with E-state index in [0.717, 1.165) is 36.2 Å². The van der Waals surface area contributed by atoms with Gasteiger partial charge in [0.25, 0.3) is 0 Å². The van der Waals surface area contributed by atoms with Gasteiger partial charge < -0.3 is 10.1 Å². The van der Waals surface area contributed by atoms with Crippen LogP contribution < -0.4 is 10.1 Å². The fraction of sp³-hybridized carbons (Fsp3) is 0.600. The van der Waals surface area contributed by atoms with Gasteiger partial charge in [0.2, 0.25) is 0 Å². The zero-order chi connectivity index (χ0) is 13.0. The first-order valence-corrected chi connectivity index (χ1v) is 7.66. The molecule has 2 nitrogen and oxygen atoms in total. The lowest BCUT2D eigenvalue weighted by Gasteiger charge is -2.24. The van der Waals surface area contributed by atoms with Gasteiger partial charge in [-0.15, -0.1) is 12.4 Å². The predicted molar refractivity (Wildman–Crippen MR) is 86.6 cm³/mol. The fourth-order valence-corrected chi connectivity index (χ4v) is 2.74. The molecule has 1 aromatic carbocycles. The highest BCUT2D eigenvalue weighted by molar-refractivity contribution is 9.10. The first-order chi connectivity index (χ1) is 8.70. The molecule has 1 fully saturated rings. The molecular weight excluding hydrogens is 326 g/mol. The second kappa shape index (κ2) is 8.13. The van der Waals surface area contributed by atoms with Crippen molar-refractivity contribution in [1.29, 1.82) is 0 Å². The summed E-state index contributed by atoms with van der Waals surface area (Å²) in [5, 5.41) is 3.36. The third-order valence-corrected chi connectivity index (χ3v) is 4.34. The number of nitrogens with one attached hydrogen (secondary N) is 1. The first kappa shape index (κ1) is 16.8. The van der Waals surface area contributed by atoms with Crippen LogP contribution in [-0.2, 0) is 0 Å². The zero-order valence-electron chi connectivity index (χ0n) is 11.6. The summed E-state index contributed by atoms with van der Waals surface area (Å²) in [5.74, 6) is 1.59. The van der Waals surface area contributed by atoms with Gasteiger partial charge in [0.15, 0.2) is 0 Å². The Hall–Kier alpha value is -0.250. The molecule has 1 N–H and O–H groups in total. The average Bonchev–Trinajstić information content (AvgIpc) is 2.41. The third kappa shape index (κ3) is 4.66. The molecule has 0 aromatic heterocycles. The van der Waals surface area contributed by atoms with Crippen molar-refractivity contribution in [3.8, 4) is 5.75 Å². The van der Waals surface area contributed by atoms with Crippen molar-refractivity contribution in [2.24, 2.45) is 0 Å². The van der Waals surface area contributed by atoms with Crippen LogP contribution in [0.5, 0.6) is 5.75 Å². The molecule has 1 heterocycles. The Labute approximate surface area is 130 Å². The van der Waals surface area contributed by atoms with Crippen LogP contribution in [0.1, 0.15) is 44.6 Å². The molecule has 1 aromatic rings. The minimum atomic E-state index is 0. The quantitative estimate of drug-likeness (QED) is 0.864. The minimum absolute atomic E-state index is 0. The van der Waals surface area contributed by atoms with Gasteiger partial charge in [-0.2, -0.15) is 0 Å². The van der Waals surface area contributed by atoms with E-state index in [1.165, 1.54) is 12.0 Å². The van der Waals surface area contributed by atoms with Crippen LogP contribution >= 0.6 is 28.3 Å². The highest BCUT2D eigenvalue weighted by Crippen LogP contribution is 2.31. The Morgan fingerprint density at radius 2 is 2.05 bits per heavy atom. The molecule has 0 radical (unpaired) electrons. The maximum Gasteiger partial charge on any atom is 0.133 e. The van der Waals surface area contributed by atoms with E-state index in [2.05, 4.69) is 53.3 Å². The van der Waals surface area contributed by atoms with Gasteiger partial charge in [-0.1, -0.05) is 19.9 Å². The molecular formula is C15H23BrClNO. The number of ether oxygens (including phenoxy) is 1. The number of hydrogen-bond acceptors (Lipinski definition) is 2. The Bertz CT molecular complexity index is 394. The third-order valence-electron chi connectivity index (χ3n) is 3.72. The van der Waals surface area contributed by atoms with E-state index in [-0.39, 0.29) is 12.4 Å². The van der Waals surface area contributed by atoms with Gasteiger partial charge in [0.1, 0.15) is 11.9 Å². The van der Waals surface area contributed by atoms with Crippen LogP contribution in [0.15, 0.2) is 22.7 Å². The van der Waals surface area contributed by atoms with E-state index in [1.54, 1.807) is 0 Å². The lowest BCUT2D eigenvalue weighted by Crippen LogP contribution is -2.34. The minimum Gasteiger partial charge on any atom is -0.489 e. The van der Waals surface area contributed by atoms with E-state index in [9.17, 15) is 0 Å². The highest BCUT2D eigenvalue weighted by atomic mass is 79.9. The Balaban J connectivity index is 0.00000180. The summed E-state index contributed by atoms with van der Waals surface area (Å²) in [5.41, 5.74) is 1.38. The molecule has 1 aliphatic heterocycles. The average molecular weight is 349 g/mol. The standard InChI is InChI=1S/C15H22BrNO.ClH/c1-3-11(2)12-4-5-15(14(16)10-12)18-13-6-8-17-9-7-13;/h4-5,10-11,13,17H,3,6-9H2,1-2H3;1H. The molecule has 1 aliphatic rings. The molecule has 19 heavy (non-hydrogen) atoms. The van der Waals surface area contributed by atoms with Crippen LogP contribution in [0.3, 0.4) is 0 Å². The van der Waals surface area contributed by atoms with Crippen LogP contribution in [0.4, 0.5) is 0 Å². The Kier molecular flexibility index (Phi) is 7.19. The van der Waals surface area contributed by atoms with Crippen molar-refractivity contribution in [2.45, 2.75) is 45.1 Å². The van der Waals surface area contributed by atoms with Crippen LogP contribution in [0.25, 0.3) is 0 Å². The van der Waals surface area contributed by atoms with Crippen LogP contribution in [-0.4, -0.2) is 19.2 Å². The summed E-state index contributed by atoms with van der Waals surface area (Å²) >= 11 is 3.63. The van der Waals surface area contributed by atoms with Crippen LogP contribution in [0, 0.1) is 0 Å². The molecule has 1 saturated heterocycles. The maximum absolute atomic E-state index is 6.07. The number of hydrogen-bond donors (Lipinski definition) is 1. The summed E-state index contributed by atoms with van der Waals surface area (Å²) in [6.45, 7) is 6.60. The largest absolute Gasteiger partial charge is 0.489 e. The molecule has 0 bridgehead atoms. The molecule has 0 amide bonds. The van der Waals surface area contributed by atoms with Crippen molar-refractivity contribution >= 4 is 28.3 Å². The smallest absolute Gasteiger partial charge is 0.133 e. The van der Waals surface area contributed by atoms with Crippen molar-refractivity contribution in [1.82, 2.24) is 5.32 Å².